The Morgan fingerprint density at radius 1 is 1.00 bits per heavy atom. The van der Waals surface area contributed by atoms with Crippen LogP contribution < -0.4 is 4.74 Å². The highest BCUT2D eigenvalue weighted by molar-refractivity contribution is 7.91. The van der Waals surface area contributed by atoms with Gasteiger partial charge in [-0.2, -0.15) is 5.10 Å². The zero-order valence-corrected chi connectivity index (χ0v) is 16.2. The Labute approximate surface area is 162 Å². The van der Waals surface area contributed by atoms with Gasteiger partial charge in [0.15, 0.2) is 5.03 Å². The third kappa shape index (κ3) is 2.95. The van der Waals surface area contributed by atoms with Crippen molar-refractivity contribution in [2.24, 2.45) is 7.05 Å². The van der Waals surface area contributed by atoms with Crippen LogP contribution in [0.1, 0.15) is 0 Å². The molecule has 27 heavy (non-hydrogen) atoms. The molecule has 0 radical (unpaired) electrons. The van der Waals surface area contributed by atoms with Crippen molar-refractivity contribution in [2.45, 2.75) is 9.92 Å². The average molecular weight is 401 g/mol. The molecule has 0 aliphatic heterocycles. The first-order valence-corrected chi connectivity index (χ1v) is 10.4. The molecule has 0 saturated heterocycles. The smallest absolute Gasteiger partial charge is 0.226 e. The van der Waals surface area contributed by atoms with E-state index in [1.807, 2.05) is 30.3 Å². The predicted octanol–water partition coefficient (Wildman–Crippen LogP) is 4.18. The lowest BCUT2D eigenvalue weighted by molar-refractivity contribution is 0.345. The summed E-state index contributed by atoms with van der Waals surface area (Å²) in [6.45, 7) is 0.331. The van der Waals surface area contributed by atoms with E-state index in [4.69, 9.17) is 16.3 Å². The van der Waals surface area contributed by atoms with Crippen molar-refractivity contribution in [2.75, 3.05) is 12.5 Å². The van der Waals surface area contributed by atoms with E-state index in [9.17, 15) is 8.42 Å². The van der Waals surface area contributed by atoms with E-state index in [0.717, 1.165) is 5.39 Å². The van der Waals surface area contributed by atoms with Gasteiger partial charge in [0.2, 0.25) is 9.84 Å². The summed E-state index contributed by atoms with van der Waals surface area (Å²) in [7, 11) is -2.12. The van der Waals surface area contributed by atoms with Crippen molar-refractivity contribution in [1.82, 2.24) is 9.78 Å². The molecule has 0 fully saturated rings. The minimum Gasteiger partial charge on any atom is -0.490 e. The fourth-order valence-electron chi connectivity index (χ4n) is 3.27. The Hall–Kier alpha value is -2.57. The van der Waals surface area contributed by atoms with Crippen molar-refractivity contribution < 1.29 is 13.2 Å². The summed E-state index contributed by atoms with van der Waals surface area (Å²) in [4.78, 5) is 0.243. The van der Waals surface area contributed by atoms with E-state index >= 15 is 0 Å². The van der Waals surface area contributed by atoms with Crippen molar-refractivity contribution in [3.63, 3.8) is 0 Å². The highest BCUT2D eigenvalue weighted by atomic mass is 35.5. The van der Waals surface area contributed by atoms with E-state index < -0.39 is 9.84 Å². The predicted molar refractivity (Wildman–Crippen MR) is 106 cm³/mol. The maximum absolute atomic E-state index is 13.5. The van der Waals surface area contributed by atoms with Gasteiger partial charge in [-0.1, -0.05) is 42.5 Å². The summed E-state index contributed by atoms with van der Waals surface area (Å²) in [5, 5.41) is 6.42. The molecule has 3 aromatic carbocycles. The Morgan fingerprint density at radius 3 is 2.52 bits per heavy atom. The van der Waals surface area contributed by atoms with Crippen LogP contribution in [0.3, 0.4) is 0 Å². The number of benzene rings is 3. The third-order valence-corrected chi connectivity index (χ3v) is 6.32. The molecule has 5 nitrogen and oxygen atoms in total. The molecular weight excluding hydrogens is 384 g/mol. The minimum atomic E-state index is -3.82. The SMILES string of the molecule is Cn1nc(S(=O)(=O)c2cccc3ccccc23)c2cccc(OCCCl)c21. The molecule has 4 aromatic rings. The number of fused-ring (bicyclic) bond motifs is 2. The maximum Gasteiger partial charge on any atom is 0.226 e. The summed E-state index contributed by atoms with van der Waals surface area (Å²) in [5.74, 6) is 0.901. The summed E-state index contributed by atoms with van der Waals surface area (Å²) >= 11 is 5.71. The summed E-state index contributed by atoms with van der Waals surface area (Å²) < 4.78 is 34.1. The van der Waals surface area contributed by atoms with Gasteiger partial charge in [0.05, 0.1) is 10.8 Å². The number of nitrogens with zero attached hydrogens (tertiary/aromatic N) is 2. The minimum absolute atomic E-state index is 0.0210. The van der Waals surface area contributed by atoms with Crippen LogP contribution in [-0.2, 0) is 16.9 Å². The molecule has 0 spiro atoms. The Morgan fingerprint density at radius 2 is 1.70 bits per heavy atom. The molecule has 0 saturated carbocycles. The first kappa shape index (κ1) is 17.8. The van der Waals surface area contributed by atoms with Crippen molar-refractivity contribution in [3.05, 3.63) is 60.7 Å². The largest absolute Gasteiger partial charge is 0.490 e. The number of halogens is 1. The Kier molecular flexibility index (Phi) is 4.53. The lowest BCUT2D eigenvalue weighted by atomic mass is 10.1. The van der Waals surface area contributed by atoms with Crippen LogP contribution in [0.5, 0.6) is 5.75 Å². The second-order valence-corrected chi connectivity index (χ2v) is 8.31. The lowest BCUT2D eigenvalue weighted by Crippen LogP contribution is -2.05. The van der Waals surface area contributed by atoms with Gasteiger partial charge >= 0.3 is 0 Å². The molecule has 4 rings (SSSR count). The van der Waals surface area contributed by atoms with E-state index in [1.165, 1.54) is 4.68 Å². The topological polar surface area (TPSA) is 61.2 Å². The monoisotopic (exact) mass is 400 g/mol. The molecule has 0 bridgehead atoms. The van der Waals surface area contributed by atoms with Gasteiger partial charge in [-0.25, -0.2) is 8.42 Å². The lowest BCUT2D eigenvalue weighted by Gasteiger charge is -2.07. The van der Waals surface area contributed by atoms with Crippen LogP contribution in [0, 0.1) is 0 Å². The molecule has 138 valence electrons. The Bertz CT molecular complexity index is 1240. The number of hydrogen-bond acceptors (Lipinski definition) is 4. The summed E-state index contributed by atoms with van der Waals surface area (Å²) in [5.41, 5.74) is 0.626. The molecule has 7 heteroatoms. The quantitative estimate of drug-likeness (QED) is 0.471. The second kappa shape index (κ2) is 6.87. The highest BCUT2D eigenvalue weighted by Gasteiger charge is 2.27. The highest BCUT2D eigenvalue weighted by Crippen LogP contribution is 2.34. The van der Waals surface area contributed by atoms with Gasteiger partial charge in [0.25, 0.3) is 0 Å². The molecular formula is C20H17ClN2O3S. The molecule has 1 aromatic heterocycles. The number of alkyl halides is 1. The number of para-hydroxylation sites is 1. The number of aromatic nitrogens is 2. The van der Waals surface area contributed by atoms with Gasteiger partial charge in [-0.15, -0.1) is 11.6 Å². The normalized spacial score (nSPS) is 11.9. The first-order chi connectivity index (χ1) is 13.0. The zero-order valence-electron chi connectivity index (χ0n) is 14.6. The molecule has 1 heterocycles. The zero-order chi connectivity index (χ0) is 19.0. The van der Waals surface area contributed by atoms with E-state index in [0.29, 0.717) is 34.5 Å². The van der Waals surface area contributed by atoms with Gasteiger partial charge in [-0.05, 0) is 23.6 Å². The summed E-state index contributed by atoms with van der Waals surface area (Å²) in [6, 6.07) is 18.0. The first-order valence-electron chi connectivity index (χ1n) is 8.41. The third-order valence-electron chi connectivity index (χ3n) is 4.42. The fraction of sp³-hybridized carbons (Fsp3) is 0.150. The van der Waals surface area contributed by atoms with Crippen LogP contribution in [0.25, 0.3) is 21.7 Å². The van der Waals surface area contributed by atoms with E-state index in [1.54, 1.807) is 37.4 Å². The number of sulfone groups is 1. The van der Waals surface area contributed by atoms with Crippen molar-refractivity contribution in [3.8, 4) is 5.75 Å². The molecule has 0 aliphatic carbocycles. The number of rotatable bonds is 5. The fourth-order valence-corrected chi connectivity index (χ4v) is 4.97. The molecule has 0 amide bonds. The number of aryl methyl sites for hydroxylation is 1. The Balaban J connectivity index is 1.96. The second-order valence-electron chi connectivity index (χ2n) is 6.10. The van der Waals surface area contributed by atoms with Crippen LogP contribution in [0.15, 0.2) is 70.6 Å². The number of ether oxygens (including phenoxy) is 1. The van der Waals surface area contributed by atoms with Gasteiger partial charge in [-0.3, -0.25) is 4.68 Å². The van der Waals surface area contributed by atoms with Gasteiger partial charge < -0.3 is 4.74 Å². The van der Waals surface area contributed by atoms with Crippen molar-refractivity contribution in [1.29, 1.82) is 0 Å². The van der Waals surface area contributed by atoms with E-state index in [2.05, 4.69) is 5.10 Å². The summed E-state index contributed by atoms with van der Waals surface area (Å²) in [6.07, 6.45) is 0. The van der Waals surface area contributed by atoms with Gasteiger partial charge in [0.1, 0.15) is 17.9 Å². The van der Waals surface area contributed by atoms with E-state index in [-0.39, 0.29) is 9.92 Å². The number of hydrogen-bond donors (Lipinski definition) is 0. The standard InChI is InChI=1S/C20H17ClN2O3S/c1-23-19-16(9-5-10-17(19)26-13-12-21)20(22-23)27(24,25)18-11-4-7-14-6-2-3-8-15(14)18/h2-11H,12-13H2,1H3. The van der Waals surface area contributed by atoms with Crippen LogP contribution in [0.4, 0.5) is 0 Å². The average Bonchev–Trinajstić information content (AvgIpc) is 3.04. The maximum atomic E-state index is 13.5. The van der Waals surface area contributed by atoms with Crippen LogP contribution in [-0.4, -0.2) is 30.7 Å². The van der Waals surface area contributed by atoms with Crippen LogP contribution in [0.2, 0.25) is 0 Å². The molecule has 0 aliphatic rings. The molecule has 0 N–H and O–H groups in total. The van der Waals surface area contributed by atoms with Crippen LogP contribution >= 0.6 is 11.6 Å². The molecule has 0 unspecified atom stereocenters. The van der Waals surface area contributed by atoms with Crippen molar-refractivity contribution >= 4 is 43.1 Å². The van der Waals surface area contributed by atoms with Gasteiger partial charge in [0, 0.05) is 17.8 Å². The molecule has 0 atom stereocenters.